The third-order valence-electron chi connectivity index (χ3n) is 7.13. The van der Waals surface area contributed by atoms with E-state index in [0.717, 1.165) is 24.3 Å². The van der Waals surface area contributed by atoms with Gasteiger partial charge in [-0.15, -0.1) is 23.2 Å². The first-order valence-electron chi connectivity index (χ1n) is 19.1. The van der Waals surface area contributed by atoms with Gasteiger partial charge in [0.15, 0.2) is 0 Å². The van der Waals surface area contributed by atoms with Crippen molar-refractivity contribution in [2.75, 3.05) is 26.5 Å². The number of aliphatic hydroxyl groups is 2. The third kappa shape index (κ3) is 27.5. The van der Waals surface area contributed by atoms with E-state index in [9.17, 15) is 0 Å². The summed E-state index contributed by atoms with van der Waals surface area (Å²) in [5.74, 6) is 3.71. The van der Waals surface area contributed by atoms with Gasteiger partial charge in [-0.2, -0.15) is 0 Å². The molecule has 306 valence electrons. The molecular formula is C49H73Cl2NO3. The van der Waals surface area contributed by atoms with Gasteiger partial charge in [-0.05, 0) is 78.5 Å². The number of hydrogen-bond acceptors (Lipinski definition) is 4. The Kier molecular flexibility index (Phi) is 37.7. The Hall–Kier alpha value is -3.67. The van der Waals surface area contributed by atoms with E-state index in [0.29, 0.717) is 17.8 Å². The molecule has 1 atom stereocenters. The van der Waals surface area contributed by atoms with Gasteiger partial charge in [0.05, 0.1) is 5.52 Å². The van der Waals surface area contributed by atoms with Gasteiger partial charge in [-0.3, -0.25) is 4.98 Å². The number of aromatic nitrogens is 1. The topological polar surface area (TPSA) is 62.6 Å². The molecule has 0 radical (unpaired) electrons. The van der Waals surface area contributed by atoms with Crippen LogP contribution in [0.15, 0.2) is 133 Å². The van der Waals surface area contributed by atoms with E-state index < -0.39 is 0 Å². The van der Waals surface area contributed by atoms with Gasteiger partial charge in [0.2, 0.25) is 0 Å². The van der Waals surface area contributed by atoms with Gasteiger partial charge >= 0.3 is 0 Å². The SMILES string of the molecule is CC(C)C.CC(C)C1=Cc2ccccc2O[C@H]1C.CC(C)c1ccccc1.CC(C)c1ccccc1.CCO.CCl.CCl.CO.c1ccc2ncccc2c1. The number of benzene rings is 4. The van der Waals surface area contributed by atoms with Crippen LogP contribution in [-0.2, 0) is 0 Å². The van der Waals surface area contributed by atoms with E-state index in [1.807, 2.05) is 60.8 Å². The third-order valence-corrected chi connectivity index (χ3v) is 7.13. The summed E-state index contributed by atoms with van der Waals surface area (Å²) in [6.45, 7) is 23.8. The normalized spacial score (nSPS) is 11.5. The van der Waals surface area contributed by atoms with Crippen molar-refractivity contribution in [2.24, 2.45) is 11.8 Å². The number of halogens is 2. The van der Waals surface area contributed by atoms with E-state index in [2.05, 4.69) is 170 Å². The molecule has 4 aromatic carbocycles. The van der Waals surface area contributed by atoms with Crippen LogP contribution in [0.3, 0.4) is 0 Å². The molecular weight excluding hydrogens is 721 g/mol. The molecule has 1 aromatic heterocycles. The zero-order valence-electron chi connectivity index (χ0n) is 36.3. The summed E-state index contributed by atoms with van der Waals surface area (Å²) in [6.07, 6.45) is 7.22. The number of hydrogen-bond donors (Lipinski definition) is 2. The monoisotopic (exact) mass is 793 g/mol. The van der Waals surface area contributed by atoms with Gasteiger partial charge in [-0.1, -0.05) is 165 Å². The van der Waals surface area contributed by atoms with E-state index in [1.165, 1.54) is 40.4 Å². The Bertz CT molecular complexity index is 1460. The maximum absolute atomic E-state index is 7.57. The average molecular weight is 795 g/mol. The fourth-order valence-electron chi connectivity index (χ4n) is 4.59. The smallest absolute Gasteiger partial charge is 0.127 e. The van der Waals surface area contributed by atoms with E-state index in [4.69, 9.17) is 14.9 Å². The first-order valence-corrected chi connectivity index (χ1v) is 20.6. The van der Waals surface area contributed by atoms with Gasteiger partial charge in [0.25, 0.3) is 0 Å². The summed E-state index contributed by atoms with van der Waals surface area (Å²) in [5, 5.41) is 15.8. The first kappa shape index (κ1) is 55.7. The van der Waals surface area contributed by atoms with Crippen molar-refractivity contribution in [3.05, 3.63) is 150 Å². The Morgan fingerprint density at radius 2 is 0.964 bits per heavy atom. The van der Waals surface area contributed by atoms with Gasteiger partial charge in [0, 0.05) is 43.6 Å². The summed E-state index contributed by atoms with van der Waals surface area (Å²) in [5.41, 5.74) is 6.47. The van der Waals surface area contributed by atoms with Crippen molar-refractivity contribution in [3.8, 4) is 5.75 Å². The predicted molar refractivity (Wildman–Crippen MR) is 247 cm³/mol. The quantitative estimate of drug-likeness (QED) is 0.179. The maximum atomic E-state index is 7.57. The van der Waals surface area contributed by atoms with E-state index >= 15 is 0 Å². The number of alkyl halides is 2. The summed E-state index contributed by atoms with van der Waals surface area (Å²) in [4.78, 5) is 4.18. The molecule has 0 bridgehead atoms. The lowest BCUT2D eigenvalue weighted by Crippen LogP contribution is -2.21. The molecule has 0 aliphatic carbocycles. The fourth-order valence-corrected chi connectivity index (χ4v) is 4.59. The molecule has 1 aliphatic heterocycles. The molecule has 2 heterocycles. The molecule has 5 aromatic rings. The number of fused-ring (bicyclic) bond motifs is 2. The minimum Gasteiger partial charge on any atom is -0.486 e. The van der Waals surface area contributed by atoms with Crippen molar-refractivity contribution in [2.45, 2.75) is 94.1 Å². The molecule has 0 fully saturated rings. The second-order valence-corrected chi connectivity index (χ2v) is 13.5. The molecule has 0 unspecified atom stereocenters. The van der Waals surface area contributed by atoms with Gasteiger partial charge < -0.3 is 14.9 Å². The molecule has 55 heavy (non-hydrogen) atoms. The fraction of sp³-hybridized carbons (Fsp3) is 0.408. The first-order chi connectivity index (χ1) is 26.4. The zero-order chi connectivity index (χ0) is 42.6. The van der Waals surface area contributed by atoms with Crippen molar-refractivity contribution in [3.63, 3.8) is 0 Å². The second-order valence-electron chi connectivity index (χ2n) is 13.5. The van der Waals surface area contributed by atoms with E-state index in [-0.39, 0.29) is 12.7 Å². The highest BCUT2D eigenvalue weighted by Crippen LogP contribution is 2.32. The Morgan fingerprint density at radius 1 is 0.582 bits per heavy atom. The predicted octanol–water partition coefficient (Wildman–Crippen LogP) is 14.3. The van der Waals surface area contributed by atoms with Gasteiger partial charge in [0.1, 0.15) is 11.9 Å². The molecule has 0 spiro atoms. The van der Waals surface area contributed by atoms with Gasteiger partial charge in [-0.25, -0.2) is 0 Å². The number of ether oxygens (including phenoxy) is 1. The van der Waals surface area contributed by atoms with Crippen molar-refractivity contribution >= 4 is 40.2 Å². The largest absolute Gasteiger partial charge is 0.486 e. The second kappa shape index (κ2) is 37.3. The maximum Gasteiger partial charge on any atom is 0.127 e. The summed E-state index contributed by atoms with van der Waals surface area (Å²) in [6, 6.07) is 41.3. The van der Waals surface area contributed by atoms with Crippen molar-refractivity contribution in [1.82, 2.24) is 4.98 Å². The molecule has 4 nitrogen and oxygen atoms in total. The summed E-state index contributed by atoms with van der Waals surface area (Å²) < 4.78 is 5.84. The van der Waals surface area contributed by atoms with Crippen LogP contribution in [0.2, 0.25) is 0 Å². The lowest BCUT2D eigenvalue weighted by atomic mass is 9.94. The van der Waals surface area contributed by atoms with Crippen LogP contribution >= 0.6 is 23.2 Å². The molecule has 0 amide bonds. The highest BCUT2D eigenvalue weighted by Gasteiger charge is 2.20. The lowest BCUT2D eigenvalue weighted by molar-refractivity contribution is 0.241. The van der Waals surface area contributed by atoms with E-state index in [1.54, 1.807) is 6.92 Å². The number of pyridine rings is 1. The minimum atomic E-state index is 0.213. The summed E-state index contributed by atoms with van der Waals surface area (Å²) in [7, 11) is 1.00. The highest BCUT2D eigenvalue weighted by atomic mass is 35.5. The van der Waals surface area contributed by atoms with Crippen molar-refractivity contribution in [1.29, 1.82) is 0 Å². The lowest BCUT2D eigenvalue weighted by Gasteiger charge is -2.26. The van der Waals surface area contributed by atoms with Crippen LogP contribution in [-0.4, -0.2) is 47.8 Å². The van der Waals surface area contributed by atoms with Crippen LogP contribution in [0.5, 0.6) is 5.75 Å². The standard InChI is InChI=1S/C13H16O.C9H7N.2C9H12.C4H10.C2H6O.2CH3Cl.CH4O/c1-9(2)12-8-11-6-4-5-7-13(11)14-10(12)3;1-2-6-9-8(4-1)5-3-7-10-9;2*1-8(2)9-6-4-3-5-7-9;1-4(2)3;1-2-3;3*1-2/h4-10H,1-3H3;1-7H;2*3-8H,1-2H3;4H,1-3H3;3H,2H2,1H3;2*1H3;2H,1H3/t10-;;;;;;;;/m0......../s1. The highest BCUT2D eigenvalue weighted by molar-refractivity contribution is 6.15. The van der Waals surface area contributed by atoms with Crippen LogP contribution < -0.4 is 4.74 Å². The van der Waals surface area contributed by atoms with Crippen LogP contribution in [0.25, 0.3) is 17.0 Å². The molecule has 1 aliphatic rings. The molecule has 0 saturated carbocycles. The molecule has 0 saturated heterocycles. The number of rotatable bonds is 3. The molecule has 2 N–H and O–H groups in total. The van der Waals surface area contributed by atoms with Crippen molar-refractivity contribution < 1.29 is 14.9 Å². The molecule has 6 heteroatoms. The summed E-state index contributed by atoms with van der Waals surface area (Å²) >= 11 is 9.28. The molecule has 6 rings (SSSR count). The Morgan fingerprint density at radius 3 is 1.36 bits per heavy atom. The van der Waals surface area contributed by atoms with Crippen LogP contribution in [0, 0.1) is 11.8 Å². The number of para-hydroxylation sites is 2. The zero-order valence-corrected chi connectivity index (χ0v) is 37.8. The van der Waals surface area contributed by atoms with Crippen LogP contribution in [0.4, 0.5) is 0 Å². The average Bonchev–Trinajstić information content (AvgIpc) is 3.21. The minimum absolute atomic E-state index is 0.213. The number of nitrogens with zero attached hydrogens (tertiary/aromatic N) is 1. The Balaban J connectivity index is -0.000000601. The van der Waals surface area contributed by atoms with Crippen LogP contribution in [0.1, 0.15) is 105 Å². The Labute approximate surface area is 346 Å². The number of aliphatic hydroxyl groups excluding tert-OH is 2.